The molecule has 0 amide bonds. The number of carboxylic acids is 1. The van der Waals surface area contributed by atoms with Crippen molar-refractivity contribution in [3.63, 3.8) is 0 Å². The molecule has 0 heterocycles. The Morgan fingerprint density at radius 3 is 1.33 bits per heavy atom. The van der Waals surface area contributed by atoms with Crippen LogP contribution in [-0.2, 0) is 25.0 Å². The Kier molecular flexibility index (Phi) is 6.68. The summed E-state index contributed by atoms with van der Waals surface area (Å²) in [5, 5.41) is 7.72. The van der Waals surface area contributed by atoms with Crippen LogP contribution in [0.3, 0.4) is 0 Å². The molecule has 8 nitrogen and oxygen atoms in total. The fraction of sp³-hybridized carbons (Fsp3) is 0.800. The van der Waals surface area contributed by atoms with Crippen molar-refractivity contribution >= 4 is 26.2 Å². The molecule has 0 aliphatic rings. The summed E-state index contributed by atoms with van der Waals surface area (Å²) < 4.78 is 53.9. The highest BCUT2D eigenvalue weighted by atomic mass is 32.3. The van der Waals surface area contributed by atoms with Crippen LogP contribution in [0.25, 0.3) is 0 Å². The zero-order valence-corrected chi connectivity index (χ0v) is 9.62. The van der Waals surface area contributed by atoms with E-state index in [1.54, 1.807) is 6.92 Å². The lowest BCUT2D eigenvalue weighted by atomic mass is 10.5. The third-order valence-corrected chi connectivity index (χ3v) is 4.28. The highest BCUT2D eigenvalue weighted by Crippen LogP contribution is 2.03. The smallest absolute Gasteiger partial charge is 0.303 e. The highest BCUT2D eigenvalue weighted by Gasteiger charge is 2.29. The number of rotatable bonds is 3. The molecule has 0 fully saturated rings. The van der Waals surface area contributed by atoms with Gasteiger partial charge in [-0.2, -0.15) is 16.8 Å². The third kappa shape index (κ3) is 9.59. The van der Waals surface area contributed by atoms with Gasteiger partial charge in [0, 0.05) is 6.42 Å². The molecule has 15 heavy (non-hydrogen) atoms. The molecule has 0 aromatic rings. The Hall–Kier alpha value is -0.710. The van der Waals surface area contributed by atoms with E-state index in [0.29, 0.717) is 6.92 Å². The highest BCUT2D eigenvalue weighted by molar-refractivity contribution is 8.03. The number of hydrogen-bond donors (Lipinski definition) is 3. The van der Waals surface area contributed by atoms with Crippen LogP contribution in [0.4, 0.5) is 0 Å². The van der Waals surface area contributed by atoms with Crippen molar-refractivity contribution in [2.75, 3.05) is 0 Å². The Morgan fingerprint density at radius 2 is 1.33 bits per heavy atom. The van der Waals surface area contributed by atoms with Crippen LogP contribution < -0.4 is 0 Å². The van der Waals surface area contributed by atoms with Crippen LogP contribution in [0.5, 0.6) is 0 Å². The minimum Gasteiger partial charge on any atom is -0.481 e. The molecule has 0 spiro atoms. The topological polar surface area (TPSA) is 146 Å². The Bertz CT molecular complexity index is 359. The summed E-state index contributed by atoms with van der Waals surface area (Å²) in [5.74, 6) is -0.745. The summed E-state index contributed by atoms with van der Waals surface area (Å²) in [5.41, 5.74) is 0. The van der Waals surface area contributed by atoms with Gasteiger partial charge in [0.05, 0.1) is 0 Å². The maximum atomic E-state index is 9.99. The second kappa shape index (κ2) is 6.00. The van der Waals surface area contributed by atoms with E-state index in [4.69, 9.17) is 14.2 Å². The van der Waals surface area contributed by atoms with Gasteiger partial charge in [0.2, 0.25) is 4.58 Å². The summed E-state index contributed by atoms with van der Waals surface area (Å²) in [6, 6.07) is 0. The van der Waals surface area contributed by atoms with Crippen molar-refractivity contribution in [2.24, 2.45) is 0 Å². The summed E-state index contributed by atoms with van der Waals surface area (Å²) >= 11 is 0. The molecule has 0 aromatic carbocycles. The lowest BCUT2D eigenvalue weighted by Crippen LogP contribution is -2.25. The molecule has 0 radical (unpaired) electrons. The van der Waals surface area contributed by atoms with Gasteiger partial charge in [-0.05, 0) is 6.92 Å². The van der Waals surface area contributed by atoms with E-state index in [9.17, 15) is 21.6 Å². The van der Waals surface area contributed by atoms with Gasteiger partial charge in [-0.3, -0.25) is 13.9 Å². The molecule has 92 valence electrons. The fourth-order valence-electron chi connectivity index (χ4n) is 0.154. The van der Waals surface area contributed by atoms with Gasteiger partial charge in [-0.25, -0.2) is 0 Å². The first-order valence-corrected chi connectivity index (χ1v) is 6.58. The van der Waals surface area contributed by atoms with Crippen LogP contribution in [-0.4, -0.2) is 41.6 Å². The van der Waals surface area contributed by atoms with Gasteiger partial charge < -0.3 is 5.11 Å². The maximum absolute atomic E-state index is 9.99. The van der Waals surface area contributed by atoms with Crippen LogP contribution in [0.15, 0.2) is 0 Å². The first kappa shape index (κ1) is 16.7. The van der Waals surface area contributed by atoms with E-state index in [2.05, 4.69) is 0 Å². The molecule has 3 N–H and O–H groups in total. The van der Waals surface area contributed by atoms with Gasteiger partial charge in [0.15, 0.2) is 0 Å². The lowest BCUT2D eigenvalue weighted by molar-refractivity contribution is -0.136. The van der Waals surface area contributed by atoms with Crippen molar-refractivity contribution in [1.29, 1.82) is 0 Å². The predicted molar refractivity (Wildman–Crippen MR) is 50.5 cm³/mol. The minimum atomic E-state index is -4.70. The molecule has 0 bridgehead atoms. The van der Waals surface area contributed by atoms with Crippen LogP contribution in [0, 0.1) is 0 Å². The number of aliphatic carboxylic acids is 1. The average molecular weight is 264 g/mol. The second-order valence-electron chi connectivity index (χ2n) is 2.34. The van der Waals surface area contributed by atoms with E-state index in [0.717, 1.165) is 0 Å². The van der Waals surface area contributed by atoms with E-state index in [1.165, 1.54) is 0 Å². The number of carbonyl (C=O) groups is 1. The van der Waals surface area contributed by atoms with Gasteiger partial charge in [-0.15, -0.1) is 0 Å². The van der Waals surface area contributed by atoms with Crippen LogP contribution in [0.1, 0.15) is 20.3 Å². The molecule has 0 saturated carbocycles. The first-order valence-electron chi connectivity index (χ1n) is 3.57. The van der Waals surface area contributed by atoms with Crippen molar-refractivity contribution in [1.82, 2.24) is 0 Å². The third-order valence-electron chi connectivity index (χ3n) is 1.14. The molecule has 0 aliphatic heterocycles. The van der Waals surface area contributed by atoms with E-state index in [-0.39, 0.29) is 6.42 Å². The van der Waals surface area contributed by atoms with Crippen molar-refractivity contribution < 1.29 is 35.8 Å². The zero-order chi connectivity index (χ0) is 12.9. The largest absolute Gasteiger partial charge is 0.481 e. The summed E-state index contributed by atoms with van der Waals surface area (Å²) in [6.45, 7) is 2.26. The van der Waals surface area contributed by atoms with E-state index in [1.807, 2.05) is 0 Å². The molecule has 0 saturated heterocycles. The van der Waals surface area contributed by atoms with Crippen molar-refractivity contribution in [2.45, 2.75) is 24.9 Å². The zero-order valence-electron chi connectivity index (χ0n) is 7.98. The van der Waals surface area contributed by atoms with Crippen molar-refractivity contribution in [3.8, 4) is 0 Å². The van der Waals surface area contributed by atoms with Crippen molar-refractivity contribution in [3.05, 3.63) is 0 Å². The molecule has 0 aliphatic carbocycles. The number of carboxylic acid groups (broad SMARTS) is 1. The Labute approximate surface area is 87.4 Å². The average Bonchev–Trinajstić information content (AvgIpc) is 2.01. The summed E-state index contributed by atoms with van der Waals surface area (Å²) in [7, 11) is -9.40. The van der Waals surface area contributed by atoms with Gasteiger partial charge in [0.25, 0.3) is 20.2 Å². The Balaban J connectivity index is 0. The number of hydrogen-bond acceptors (Lipinski definition) is 5. The quantitative estimate of drug-likeness (QED) is 0.583. The van der Waals surface area contributed by atoms with Crippen LogP contribution in [0.2, 0.25) is 0 Å². The SMILES string of the molecule is CC(S(=O)(=O)O)S(=O)(=O)O.CCC(=O)O. The molecule has 0 atom stereocenters. The summed E-state index contributed by atoms with van der Waals surface area (Å²) in [6.07, 6.45) is 0.222. The van der Waals surface area contributed by atoms with Gasteiger partial charge in [0.1, 0.15) is 0 Å². The molecular formula is C5H12O8S2. The Morgan fingerprint density at radius 1 is 1.13 bits per heavy atom. The molecule has 0 unspecified atom stereocenters. The maximum Gasteiger partial charge on any atom is 0.303 e. The summed E-state index contributed by atoms with van der Waals surface area (Å²) in [4.78, 5) is 9.37. The normalized spacial score (nSPS) is 11.8. The molecular weight excluding hydrogens is 252 g/mol. The van der Waals surface area contributed by atoms with Gasteiger partial charge >= 0.3 is 5.97 Å². The monoisotopic (exact) mass is 264 g/mol. The van der Waals surface area contributed by atoms with Gasteiger partial charge in [-0.1, -0.05) is 6.92 Å². The molecule has 0 aromatic heterocycles. The fourth-order valence-corrected chi connectivity index (χ4v) is 1.38. The van der Waals surface area contributed by atoms with E-state index < -0.39 is 30.8 Å². The first-order chi connectivity index (χ1) is 6.42. The lowest BCUT2D eigenvalue weighted by Gasteiger charge is -2.01. The predicted octanol–water partition coefficient (Wildman–Crippen LogP) is -0.411. The van der Waals surface area contributed by atoms with E-state index >= 15 is 0 Å². The second-order valence-corrected chi connectivity index (χ2v) is 6.12. The van der Waals surface area contributed by atoms with Crippen LogP contribution >= 0.6 is 0 Å². The standard InChI is InChI=1S/C3H6O2.C2H6O6S2/c1-2-3(4)5;1-2(9(3,4)5)10(6,7)8/h2H2,1H3,(H,4,5);2H,1H3,(H,3,4,5)(H,6,7,8). The molecule has 0 rings (SSSR count). The molecule has 10 heteroatoms. The minimum absolute atomic E-state index is 0.222.